The van der Waals surface area contributed by atoms with Crippen LogP contribution in [0.2, 0.25) is 0 Å². The summed E-state index contributed by atoms with van der Waals surface area (Å²) in [6.07, 6.45) is 3.31. The van der Waals surface area contributed by atoms with Gasteiger partial charge >= 0.3 is 0 Å². The van der Waals surface area contributed by atoms with Crippen molar-refractivity contribution in [2.45, 2.75) is 6.42 Å². The molecule has 1 aromatic heterocycles. The van der Waals surface area contributed by atoms with Crippen molar-refractivity contribution in [3.05, 3.63) is 29.8 Å². The molecule has 1 unspecified atom stereocenters. The fourth-order valence-electron chi connectivity index (χ4n) is 1.67. The number of pyridine rings is 1. The fourth-order valence-corrected chi connectivity index (χ4v) is 1.67. The third-order valence-electron chi connectivity index (χ3n) is 2.47. The van der Waals surface area contributed by atoms with Gasteiger partial charge in [-0.1, -0.05) is 0 Å². The molecule has 0 radical (unpaired) electrons. The van der Waals surface area contributed by atoms with Gasteiger partial charge in [0.05, 0.1) is 11.8 Å². The van der Waals surface area contributed by atoms with Crippen LogP contribution >= 0.6 is 0 Å². The number of halogens is 1. The number of nitrogens with one attached hydrogen (secondary N) is 1. The molecule has 1 saturated heterocycles. The Morgan fingerprint density at radius 1 is 1.64 bits per heavy atom. The summed E-state index contributed by atoms with van der Waals surface area (Å²) in [4.78, 5) is 15.4. The predicted molar refractivity (Wildman–Crippen MR) is 49.5 cm³/mol. The van der Waals surface area contributed by atoms with Crippen LogP contribution in [0.5, 0.6) is 0 Å². The normalized spacial score (nSPS) is 21.1. The van der Waals surface area contributed by atoms with E-state index in [-0.39, 0.29) is 17.3 Å². The van der Waals surface area contributed by atoms with Crippen LogP contribution < -0.4 is 5.32 Å². The summed E-state index contributed by atoms with van der Waals surface area (Å²) in [5.41, 5.74) is 0.161. The van der Waals surface area contributed by atoms with Gasteiger partial charge in [0.2, 0.25) is 0 Å². The summed E-state index contributed by atoms with van der Waals surface area (Å²) in [7, 11) is 0. The molecule has 1 aromatic rings. The summed E-state index contributed by atoms with van der Waals surface area (Å²) in [6.45, 7) is 1.49. The van der Waals surface area contributed by atoms with E-state index in [0.717, 1.165) is 19.2 Å². The Labute approximate surface area is 81.3 Å². The number of rotatable bonds is 2. The Kier molecular flexibility index (Phi) is 2.54. The molecule has 1 atom stereocenters. The lowest BCUT2D eigenvalue weighted by molar-refractivity contribution is 0.0926. The topological polar surface area (TPSA) is 42.0 Å². The van der Waals surface area contributed by atoms with Crippen LogP contribution in [0, 0.1) is 11.7 Å². The van der Waals surface area contributed by atoms with Crippen LogP contribution in [0.15, 0.2) is 18.5 Å². The van der Waals surface area contributed by atoms with Crippen molar-refractivity contribution < 1.29 is 9.18 Å². The molecule has 0 aliphatic carbocycles. The van der Waals surface area contributed by atoms with E-state index < -0.39 is 5.82 Å². The zero-order valence-electron chi connectivity index (χ0n) is 7.66. The molecule has 1 N–H and O–H groups in total. The second kappa shape index (κ2) is 3.84. The van der Waals surface area contributed by atoms with Crippen LogP contribution in [-0.4, -0.2) is 23.9 Å². The van der Waals surface area contributed by atoms with Crippen molar-refractivity contribution >= 4 is 5.78 Å². The highest BCUT2D eigenvalue weighted by molar-refractivity contribution is 5.98. The molecule has 2 heterocycles. The molecule has 14 heavy (non-hydrogen) atoms. The molecule has 4 heteroatoms. The maximum absolute atomic E-state index is 13.2. The number of nitrogens with zero attached hydrogens (tertiary/aromatic N) is 1. The number of hydrogen-bond donors (Lipinski definition) is 1. The van der Waals surface area contributed by atoms with E-state index in [9.17, 15) is 9.18 Å². The lowest BCUT2D eigenvalue weighted by Gasteiger charge is -2.07. The lowest BCUT2D eigenvalue weighted by Crippen LogP contribution is -2.19. The van der Waals surface area contributed by atoms with Crippen LogP contribution in [0.1, 0.15) is 16.8 Å². The van der Waals surface area contributed by atoms with E-state index in [1.165, 1.54) is 12.3 Å². The minimum Gasteiger partial charge on any atom is -0.316 e. The Balaban J connectivity index is 2.22. The Morgan fingerprint density at radius 3 is 3.14 bits per heavy atom. The van der Waals surface area contributed by atoms with Gasteiger partial charge in [-0.3, -0.25) is 9.78 Å². The molecule has 1 fully saturated rings. The largest absolute Gasteiger partial charge is 0.316 e. The van der Waals surface area contributed by atoms with Gasteiger partial charge < -0.3 is 5.32 Å². The van der Waals surface area contributed by atoms with Gasteiger partial charge in [-0.05, 0) is 19.0 Å². The molecule has 1 aliphatic rings. The first-order valence-corrected chi connectivity index (χ1v) is 4.63. The number of carbonyl (C=O) groups is 1. The fraction of sp³-hybridized carbons (Fsp3) is 0.400. The van der Waals surface area contributed by atoms with E-state index in [2.05, 4.69) is 10.3 Å². The van der Waals surface area contributed by atoms with Crippen molar-refractivity contribution in [2.24, 2.45) is 5.92 Å². The third kappa shape index (κ3) is 1.65. The van der Waals surface area contributed by atoms with Crippen molar-refractivity contribution in [1.29, 1.82) is 0 Å². The van der Waals surface area contributed by atoms with Crippen molar-refractivity contribution in [1.82, 2.24) is 10.3 Å². The predicted octanol–water partition coefficient (Wildman–Crippen LogP) is 1.01. The van der Waals surface area contributed by atoms with Crippen molar-refractivity contribution in [3.63, 3.8) is 0 Å². The van der Waals surface area contributed by atoms with Gasteiger partial charge in [0, 0.05) is 18.7 Å². The van der Waals surface area contributed by atoms with E-state index in [0.29, 0.717) is 6.54 Å². The van der Waals surface area contributed by atoms with E-state index in [1.807, 2.05) is 0 Å². The maximum Gasteiger partial charge on any atom is 0.170 e. The first kappa shape index (κ1) is 9.27. The summed E-state index contributed by atoms with van der Waals surface area (Å²) in [5.74, 6) is -0.716. The number of Topliss-reactive ketones (excluding diaryl/α,β-unsaturated/α-hetero) is 1. The highest BCUT2D eigenvalue weighted by Crippen LogP contribution is 2.16. The first-order chi connectivity index (χ1) is 6.79. The van der Waals surface area contributed by atoms with Gasteiger partial charge in [0.1, 0.15) is 0 Å². The van der Waals surface area contributed by atoms with Crippen LogP contribution in [-0.2, 0) is 0 Å². The summed E-state index contributed by atoms with van der Waals surface area (Å²) < 4.78 is 13.2. The van der Waals surface area contributed by atoms with E-state index in [1.54, 1.807) is 0 Å². The third-order valence-corrected chi connectivity index (χ3v) is 2.47. The van der Waals surface area contributed by atoms with E-state index >= 15 is 0 Å². The summed E-state index contributed by atoms with van der Waals surface area (Å²) in [5, 5.41) is 3.08. The highest BCUT2D eigenvalue weighted by Gasteiger charge is 2.25. The number of carbonyl (C=O) groups excluding carboxylic acids is 1. The summed E-state index contributed by atoms with van der Waals surface area (Å²) >= 11 is 0. The Hall–Kier alpha value is -1.29. The van der Waals surface area contributed by atoms with Gasteiger partial charge in [-0.25, -0.2) is 4.39 Å². The second-order valence-corrected chi connectivity index (χ2v) is 3.41. The Bertz CT molecular complexity index is 348. The number of ketones is 1. The summed E-state index contributed by atoms with van der Waals surface area (Å²) in [6, 6.07) is 1.44. The number of hydrogen-bond acceptors (Lipinski definition) is 3. The molecular formula is C10H11FN2O. The molecule has 0 amide bonds. The number of aromatic nitrogens is 1. The maximum atomic E-state index is 13.2. The molecule has 0 bridgehead atoms. The minimum absolute atomic E-state index is 0.0769. The average molecular weight is 194 g/mol. The molecule has 2 rings (SSSR count). The molecule has 74 valence electrons. The smallest absolute Gasteiger partial charge is 0.170 e. The van der Waals surface area contributed by atoms with Gasteiger partial charge in [0.25, 0.3) is 0 Å². The SMILES string of the molecule is O=C(c1ccncc1F)C1CCNC1. The van der Waals surface area contributed by atoms with Crippen molar-refractivity contribution in [2.75, 3.05) is 13.1 Å². The monoisotopic (exact) mass is 194 g/mol. The van der Waals surface area contributed by atoms with E-state index in [4.69, 9.17) is 0 Å². The molecule has 0 spiro atoms. The average Bonchev–Trinajstić information content (AvgIpc) is 2.70. The lowest BCUT2D eigenvalue weighted by atomic mass is 9.97. The van der Waals surface area contributed by atoms with Crippen molar-refractivity contribution in [3.8, 4) is 0 Å². The van der Waals surface area contributed by atoms with Gasteiger partial charge in [0.15, 0.2) is 11.6 Å². The quantitative estimate of drug-likeness (QED) is 0.714. The first-order valence-electron chi connectivity index (χ1n) is 4.63. The zero-order chi connectivity index (χ0) is 9.97. The molecule has 3 nitrogen and oxygen atoms in total. The highest BCUT2D eigenvalue weighted by atomic mass is 19.1. The molecule has 1 aliphatic heterocycles. The van der Waals surface area contributed by atoms with Crippen LogP contribution in [0.4, 0.5) is 4.39 Å². The van der Waals surface area contributed by atoms with Crippen LogP contribution in [0.25, 0.3) is 0 Å². The van der Waals surface area contributed by atoms with Gasteiger partial charge in [-0.15, -0.1) is 0 Å². The molecule has 0 aromatic carbocycles. The molecular weight excluding hydrogens is 183 g/mol. The standard InChI is InChI=1S/C10H11FN2O/c11-9-6-13-4-2-8(9)10(14)7-1-3-12-5-7/h2,4,6-7,12H,1,3,5H2. The van der Waals surface area contributed by atoms with Gasteiger partial charge in [-0.2, -0.15) is 0 Å². The minimum atomic E-state index is -0.524. The second-order valence-electron chi connectivity index (χ2n) is 3.41. The Morgan fingerprint density at radius 2 is 2.50 bits per heavy atom. The van der Waals surface area contributed by atoms with Crippen LogP contribution in [0.3, 0.4) is 0 Å². The molecule has 0 saturated carbocycles. The zero-order valence-corrected chi connectivity index (χ0v) is 7.66.